The predicted molar refractivity (Wildman–Crippen MR) is 272 cm³/mol. The standard InChI is InChI=1S/C54H82F2N6O11/c1-8-9-10-11-12-13-14-21-26-43(37(4)49(66)62(7)42(50(67)68)31-36(2)3)73-44(63)32-58-48(65)46(38(5)71-33-39-22-17-15-18-23-39)60-51(69)53(6,35-59-52(70)72-34-40-24-19-16-20-25-40)61-47(64)45(57)41-27-29-54(55,56)30-28-41/h15-20,22-25,36-38,41-43,45-46H,8-14,21,26-35,57H2,1-7H3,(H,58,65)(H,59,70)(H,60,69)(H,61,64)(H,67,68)/t37-,38+,42+,43-,45?,46+,53-/m1/s1. The van der Waals surface area contributed by atoms with E-state index in [1.54, 1.807) is 61.5 Å². The van der Waals surface area contributed by atoms with Crippen LogP contribution in [0.4, 0.5) is 13.6 Å². The Kier molecular flexibility index (Phi) is 26.3. The Morgan fingerprint density at radius 3 is 1.95 bits per heavy atom. The first-order valence-electron chi connectivity index (χ1n) is 25.9. The molecule has 0 aliphatic heterocycles. The van der Waals surface area contributed by atoms with Gasteiger partial charge >= 0.3 is 18.0 Å². The number of nitrogens with two attached hydrogens (primary N) is 1. The van der Waals surface area contributed by atoms with E-state index in [2.05, 4.69) is 28.2 Å². The Labute approximate surface area is 430 Å². The smallest absolute Gasteiger partial charge is 0.407 e. The molecule has 1 unspecified atom stereocenters. The lowest BCUT2D eigenvalue weighted by molar-refractivity contribution is -0.160. The summed E-state index contributed by atoms with van der Waals surface area (Å²) in [6, 6.07) is 13.8. The molecule has 0 aromatic heterocycles. The van der Waals surface area contributed by atoms with E-state index in [0.717, 1.165) is 50.5 Å². The van der Waals surface area contributed by atoms with Crippen LogP contribution in [0.25, 0.3) is 0 Å². The molecular weight excluding hydrogens is 947 g/mol. The molecule has 7 N–H and O–H groups in total. The summed E-state index contributed by atoms with van der Waals surface area (Å²) in [4.78, 5) is 96.5. The van der Waals surface area contributed by atoms with E-state index < -0.39 is 121 Å². The van der Waals surface area contributed by atoms with Crippen LogP contribution in [0, 0.1) is 17.8 Å². The van der Waals surface area contributed by atoms with Crippen LogP contribution >= 0.6 is 0 Å². The highest BCUT2D eigenvalue weighted by Gasteiger charge is 2.43. The van der Waals surface area contributed by atoms with Crippen LogP contribution < -0.4 is 27.0 Å². The van der Waals surface area contributed by atoms with Crippen LogP contribution in [0.3, 0.4) is 0 Å². The number of ether oxygens (including phenoxy) is 3. The first kappa shape index (κ1) is 61.6. The summed E-state index contributed by atoms with van der Waals surface area (Å²) in [6.07, 6.45) is 4.47. The van der Waals surface area contributed by atoms with Crippen molar-refractivity contribution in [1.82, 2.24) is 26.2 Å². The third-order valence-corrected chi connectivity index (χ3v) is 13.4. The number of likely N-dealkylation sites (N-methyl/N-ethyl adjacent to an activating group) is 1. The van der Waals surface area contributed by atoms with Crippen LogP contribution in [0.2, 0.25) is 0 Å². The number of carbonyl (C=O) groups excluding carboxylic acids is 6. The van der Waals surface area contributed by atoms with E-state index in [4.69, 9.17) is 19.9 Å². The van der Waals surface area contributed by atoms with Crippen LogP contribution in [0.5, 0.6) is 0 Å². The molecule has 1 aliphatic rings. The molecule has 1 fully saturated rings. The number of hydrogen-bond acceptors (Lipinski definition) is 11. The second-order valence-electron chi connectivity index (χ2n) is 20.1. The molecule has 408 valence electrons. The van der Waals surface area contributed by atoms with Crippen LogP contribution in [-0.4, -0.2) is 114 Å². The Hall–Kier alpha value is -5.69. The Morgan fingerprint density at radius 1 is 0.822 bits per heavy atom. The van der Waals surface area contributed by atoms with Gasteiger partial charge in [-0.25, -0.2) is 18.4 Å². The first-order valence-corrected chi connectivity index (χ1v) is 25.9. The van der Waals surface area contributed by atoms with Gasteiger partial charge in [0.25, 0.3) is 0 Å². The molecule has 2 aromatic rings. The van der Waals surface area contributed by atoms with Gasteiger partial charge in [-0.15, -0.1) is 0 Å². The van der Waals surface area contributed by atoms with Crippen molar-refractivity contribution in [2.45, 2.75) is 186 Å². The number of carboxylic acid groups (broad SMARTS) is 1. The SMILES string of the molecule is CCCCCCCCCC[C@@H](OC(=O)CNC(=O)[C@@H](NC(=O)[C@@](C)(CNC(=O)OCc1ccccc1)NC(=O)C(N)C1CCC(F)(F)CC1)[C@H](C)OCc1ccccc1)[C@@H](C)C(=O)N(C)[C@@H](CC(C)C)C(=O)O. The number of alkyl halides is 2. The number of esters is 1. The largest absolute Gasteiger partial charge is 0.480 e. The molecule has 17 nitrogen and oxygen atoms in total. The van der Waals surface area contributed by atoms with Gasteiger partial charge in [-0.05, 0) is 68.9 Å². The quantitative estimate of drug-likeness (QED) is 0.0315. The van der Waals surface area contributed by atoms with Gasteiger partial charge in [0, 0.05) is 19.9 Å². The Balaban J connectivity index is 1.86. The van der Waals surface area contributed by atoms with Gasteiger partial charge in [0.05, 0.1) is 31.2 Å². The molecule has 73 heavy (non-hydrogen) atoms. The number of nitrogens with zero attached hydrogens (tertiary/aromatic N) is 1. The molecule has 1 saturated carbocycles. The summed E-state index contributed by atoms with van der Waals surface area (Å²) in [7, 11) is 1.42. The molecule has 0 saturated heterocycles. The second kappa shape index (κ2) is 31.1. The number of unbranched alkanes of at least 4 members (excludes halogenated alkanes) is 7. The van der Waals surface area contributed by atoms with Gasteiger partial charge < -0.3 is 51.2 Å². The van der Waals surface area contributed by atoms with Crippen molar-refractivity contribution in [3.05, 3.63) is 71.8 Å². The number of hydrogen-bond donors (Lipinski definition) is 6. The van der Waals surface area contributed by atoms with Crippen molar-refractivity contribution in [2.24, 2.45) is 23.5 Å². The minimum atomic E-state index is -2.89. The molecule has 0 spiro atoms. The van der Waals surface area contributed by atoms with E-state index in [0.29, 0.717) is 18.4 Å². The average Bonchev–Trinajstić information content (AvgIpc) is 3.36. The average molecular weight is 1030 g/mol. The van der Waals surface area contributed by atoms with Crippen LogP contribution in [-0.2, 0) is 56.2 Å². The summed E-state index contributed by atoms with van der Waals surface area (Å²) in [5.74, 6) is -9.79. The van der Waals surface area contributed by atoms with E-state index >= 15 is 0 Å². The van der Waals surface area contributed by atoms with Crippen LogP contribution in [0.1, 0.15) is 143 Å². The number of alkyl carbamates (subject to hydrolysis) is 1. The molecule has 19 heteroatoms. The molecule has 0 bridgehead atoms. The lowest BCUT2D eigenvalue weighted by Crippen LogP contribution is -2.67. The number of benzene rings is 2. The fourth-order valence-electron chi connectivity index (χ4n) is 8.67. The maximum Gasteiger partial charge on any atom is 0.407 e. The van der Waals surface area contributed by atoms with Crippen molar-refractivity contribution in [2.75, 3.05) is 20.1 Å². The molecule has 0 radical (unpaired) electrons. The summed E-state index contributed by atoms with van der Waals surface area (Å²) in [6.45, 7) is 8.85. The van der Waals surface area contributed by atoms with E-state index in [9.17, 15) is 47.4 Å². The molecule has 0 heterocycles. The fourth-order valence-corrected chi connectivity index (χ4v) is 8.67. The minimum absolute atomic E-state index is 0.00247. The number of rotatable bonds is 32. The Morgan fingerprint density at radius 2 is 1.38 bits per heavy atom. The van der Waals surface area contributed by atoms with Gasteiger partial charge in [0.1, 0.15) is 36.9 Å². The molecule has 5 amide bonds. The number of halogens is 2. The fraction of sp³-hybridized carbons (Fsp3) is 0.648. The van der Waals surface area contributed by atoms with Gasteiger partial charge in [-0.2, -0.15) is 0 Å². The van der Waals surface area contributed by atoms with Gasteiger partial charge in [0.2, 0.25) is 29.6 Å². The molecule has 1 aliphatic carbocycles. The number of nitrogens with one attached hydrogen (secondary N) is 4. The predicted octanol–water partition coefficient (Wildman–Crippen LogP) is 7.18. The van der Waals surface area contributed by atoms with Gasteiger partial charge in [-0.3, -0.25) is 24.0 Å². The summed E-state index contributed by atoms with van der Waals surface area (Å²) < 4.78 is 45.4. The van der Waals surface area contributed by atoms with Gasteiger partial charge in [-0.1, -0.05) is 133 Å². The number of amides is 5. The zero-order valence-corrected chi connectivity index (χ0v) is 43.9. The van der Waals surface area contributed by atoms with Crippen molar-refractivity contribution in [3.63, 3.8) is 0 Å². The topological polar surface area (TPSA) is 245 Å². The summed E-state index contributed by atoms with van der Waals surface area (Å²) in [5.41, 5.74) is 5.71. The Bertz CT molecular complexity index is 2040. The number of carbonyl (C=O) groups is 7. The molecule has 3 rings (SSSR count). The second-order valence-corrected chi connectivity index (χ2v) is 20.1. The zero-order chi connectivity index (χ0) is 54.1. The monoisotopic (exact) mass is 1030 g/mol. The molecule has 2 aromatic carbocycles. The normalized spacial score (nSPS) is 16.8. The van der Waals surface area contributed by atoms with E-state index in [1.165, 1.54) is 25.8 Å². The summed E-state index contributed by atoms with van der Waals surface area (Å²) >= 11 is 0. The van der Waals surface area contributed by atoms with Crippen molar-refractivity contribution in [3.8, 4) is 0 Å². The molecular formula is C54H82F2N6O11. The van der Waals surface area contributed by atoms with Crippen molar-refractivity contribution >= 4 is 41.7 Å². The lowest BCUT2D eigenvalue weighted by Gasteiger charge is -2.36. The van der Waals surface area contributed by atoms with E-state index in [-0.39, 0.29) is 38.4 Å². The minimum Gasteiger partial charge on any atom is -0.480 e. The van der Waals surface area contributed by atoms with Crippen LogP contribution in [0.15, 0.2) is 60.7 Å². The third-order valence-electron chi connectivity index (χ3n) is 13.4. The van der Waals surface area contributed by atoms with E-state index in [1.807, 2.05) is 19.9 Å². The lowest BCUT2D eigenvalue weighted by atomic mass is 9.81. The number of aliphatic carboxylic acids is 1. The van der Waals surface area contributed by atoms with Crippen molar-refractivity contribution in [1.29, 1.82) is 0 Å². The maximum absolute atomic E-state index is 14.6. The third kappa shape index (κ3) is 21.7. The number of carboxylic acids is 1. The highest BCUT2D eigenvalue weighted by Crippen LogP contribution is 2.37. The maximum atomic E-state index is 14.6. The van der Waals surface area contributed by atoms with Crippen molar-refractivity contribution < 1.29 is 61.7 Å². The summed E-state index contributed by atoms with van der Waals surface area (Å²) in [5, 5.41) is 20.2. The first-order chi connectivity index (χ1) is 34.6. The molecule has 7 atom stereocenters. The highest BCUT2D eigenvalue weighted by molar-refractivity contribution is 5.97. The zero-order valence-electron chi connectivity index (χ0n) is 43.9. The van der Waals surface area contributed by atoms with Gasteiger partial charge in [0.15, 0.2) is 0 Å². The highest BCUT2D eigenvalue weighted by atomic mass is 19.3.